The molecule has 25 heavy (non-hydrogen) atoms. The maximum absolute atomic E-state index is 11.3. The molecule has 2 aromatic heterocycles. The van der Waals surface area contributed by atoms with E-state index in [-0.39, 0.29) is 0 Å². The van der Waals surface area contributed by atoms with Gasteiger partial charge in [-0.3, -0.25) is 4.98 Å². The second-order valence-electron chi connectivity index (χ2n) is 5.95. The molecule has 1 aromatic carbocycles. The van der Waals surface area contributed by atoms with Gasteiger partial charge < -0.3 is 5.11 Å². The van der Waals surface area contributed by atoms with E-state index in [2.05, 4.69) is 15.1 Å². The van der Waals surface area contributed by atoms with Gasteiger partial charge in [0, 0.05) is 16.9 Å². The SMILES string of the molecule is OC(CCCc1ccc(Cl)cn1)(Cn1cncn1)c1ccc(Cl)cc1. The Labute approximate surface area is 156 Å². The molecule has 130 valence electrons. The lowest BCUT2D eigenvalue weighted by atomic mass is 9.88. The minimum absolute atomic E-state index is 0.322. The summed E-state index contributed by atoms with van der Waals surface area (Å²) in [4.78, 5) is 8.25. The minimum Gasteiger partial charge on any atom is -0.383 e. The van der Waals surface area contributed by atoms with Crippen molar-refractivity contribution in [1.82, 2.24) is 19.7 Å². The standard InChI is InChI=1S/C18H18Cl2N4O/c19-15-5-3-14(4-6-15)18(25,11-24-13-21-12-23-24)9-1-2-17-8-7-16(20)10-22-17/h3-8,10,12-13,25H,1-2,9,11H2. The number of hydrogen-bond donors (Lipinski definition) is 1. The summed E-state index contributed by atoms with van der Waals surface area (Å²) in [7, 11) is 0. The van der Waals surface area contributed by atoms with Gasteiger partial charge in [-0.1, -0.05) is 35.3 Å². The Balaban J connectivity index is 1.73. The molecular formula is C18H18Cl2N4O. The van der Waals surface area contributed by atoms with Gasteiger partial charge in [-0.25, -0.2) is 9.67 Å². The number of hydrogen-bond acceptors (Lipinski definition) is 4. The smallest absolute Gasteiger partial charge is 0.137 e. The molecule has 0 amide bonds. The molecular weight excluding hydrogens is 359 g/mol. The van der Waals surface area contributed by atoms with Crippen molar-refractivity contribution in [3.8, 4) is 0 Å². The Kier molecular flexibility index (Phi) is 5.68. The molecule has 0 bridgehead atoms. The van der Waals surface area contributed by atoms with Crippen LogP contribution < -0.4 is 0 Å². The molecule has 0 aliphatic rings. The molecule has 0 aliphatic carbocycles. The van der Waals surface area contributed by atoms with E-state index < -0.39 is 5.60 Å². The Morgan fingerprint density at radius 2 is 1.80 bits per heavy atom. The van der Waals surface area contributed by atoms with Gasteiger partial charge in [-0.15, -0.1) is 0 Å². The third kappa shape index (κ3) is 4.78. The summed E-state index contributed by atoms with van der Waals surface area (Å²) >= 11 is 11.8. The Morgan fingerprint density at radius 1 is 1.04 bits per heavy atom. The van der Waals surface area contributed by atoms with Crippen molar-refractivity contribution >= 4 is 23.2 Å². The normalized spacial score (nSPS) is 13.6. The zero-order chi connectivity index (χ0) is 17.7. The second-order valence-corrected chi connectivity index (χ2v) is 6.83. The number of rotatable bonds is 7. The molecule has 1 unspecified atom stereocenters. The number of aliphatic hydroxyl groups is 1. The van der Waals surface area contributed by atoms with Gasteiger partial charge >= 0.3 is 0 Å². The van der Waals surface area contributed by atoms with E-state index in [0.29, 0.717) is 23.0 Å². The van der Waals surface area contributed by atoms with Gasteiger partial charge in [0.1, 0.15) is 18.3 Å². The molecule has 0 saturated carbocycles. The zero-order valence-corrected chi connectivity index (χ0v) is 15.0. The monoisotopic (exact) mass is 376 g/mol. The van der Waals surface area contributed by atoms with Crippen LogP contribution in [0.1, 0.15) is 24.1 Å². The molecule has 0 spiro atoms. The fraction of sp³-hybridized carbons (Fsp3) is 0.278. The molecule has 3 aromatic rings. The molecule has 1 atom stereocenters. The third-order valence-electron chi connectivity index (χ3n) is 4.08. The van der Waals surface area contributed by atoms with Crippen molar-refractivity contribution in [3.05, 3.63) is 76.6 Å². The molecule has 5 nitrogen and oxygen atoms in total. The molecule has 0 aliphatic heterocycles. The minimum atomic E-state index is -1.06. The van der Waals surface area contributed by atoms with Gasteiger partial charge in [0.25, 0.3) is 0 Å². The van der Waals surface area contributed by atoms with E-state index in [1.54, 1.807) is 29.3 Å². The van der Waals surface area contributed by atoms with Crippen LogP contribution in [-0.2, 0) is 18.6 Å². The van der Waals surface area contributed by atoms with Crippen molar-refractivity contribution in [2.24, 2.45) is 0 Å². The lowest BCUT2D eigenvalue weighted by molar-refractivity contribution is 0.00439. The van der Waals surface area contributed by atoms with Crippen molar-refractivity contribution in [2.45, 2.75) is 31.4 Å². The van der Waals surface area contributed by atoms with Crippen LogP contribution in [0.3, 0.4) is 0 Å². The second kappa shape index (κ2) is 7.95. The molecule has 3 rings (SSSR count). The molecule has 0 saturated heterocycles. The van der Waals surface area contributed by atoms with E-state index in [0.717, 1.165) is 24.1 Å². The van der Waals surface area contributed by atoms with E-state index in [9.17, 15) is 5.11 Å². The van der Waals surface area contributed by atoms with E-state index in [1.165, 1.54) is 6.33 Å². The predicted octanol–water partition coefficient (Wildman–Crippen LogP) is 3.89. The fourth-order valence-electron chi connectivity index (χ4n) is 2.77. The van der Waals surface area contributed by atoms with Crippen molar-refractivity contribution in [3.63, 3.8) is 0 Å². The van der Waals surface area contributed by atoms with Crippen LogP contribution >= 0.6 is 23.2 Å². The van der Waals surface area contributed by atoms with Crippen molar-refractivity contribution in [2.75, 3.05) is 0 Å². The highest BCUT2D eigenvalue weighted by Gasteiger charge is 2.30. The van der Waals surface area contributed by atoms with Crippen molar-refractivity contribution in [1.29, 1.82) is 0 Å². The van der Waals surface area contributed by atoms with Gasteiger partial charge in [-0.2, -0.15) is 5.10 Å². The molecule has 1 N–H and O–H groups in total. The van der Waals surface area contributed by atoms with Crippen LogP contribution in [0.2, 0.25) is 10.0 Å². The third-order valence-corrected chi connectivity index (χ3v) is 4.56. The Morgan fingerprint density at radius 3 is 2.44 bits per heavy atom. The largest absolute Gasteiger partial charge is 0.383 e. The van der Waals surface area contributed by atoms with Crippen LogP contribution in [0.15, 0.2) is 55.2 Å². The molecule has 0 fully saturated rings. The zero-order valence-electron chi connectivity index (χ0n) is 13.5. The Hall–Kier alpha value is -1.95. The number of halogens is 2. The first-order chi connectivity index (χ1) is 12.0. The maximum Gasteiger partial charge on any atom is 0.137 e. The number of nitrogens with zero attached hydrogens (tertiary/aromatic N) is 4. The Bertz CT molecular complexity index is 791. The lowest BCUT2D eigenvalue weighted by Crippen LogP contribution is -2.32. The molecule has 0 radical (unpaired) electrons. The number of benzene rings is 1. The summed E-state index contributed by atoms with van der Waals surface area (Å²) in [6.07, 6.45) is 6.77. The summed E-state index contributed by atoms with van der Waals surface area (Å²) < 4.78 is 1.63. The summed E-state index contributed by atoms with van der Waals surface area (Å²) in [5.74, 6) is 0. The number of pyridine rings is 1. The number of aromatic nitrogens is 4. The van der Waals surface area contributed by atoms with Gasteiger partial charge in [-0.05, 0) is 49.1 Å². The average Bonchev–Trinajstić information content (AvgIpc) is 3.10. The summed E-state index contributed by atoms with van der Waals surface area (Å²) in [6.45, 7) is 0.322. The average molecular weight is 377 g/mol. The van der Waals surface area contributed by atoms with E-state index >= 15 is 0 Å². The van der Waals surface area contributed by atoms with Gasteiger partial charge in [0.15, 0.2) is 0 Å². The van der Waals surface area contributed by atoms with E-state index in [4.69, 9.17) is 23.2 Å². The lowest BCUT2D eigenvalue weighted by Gasteiger charge is -2.28. The van der Waals surface area contributed by atoms with Crippen LogP contribution in [0.25, 0.3) is 0 Å². The van der Waals surface area contributed by atoms with Crippen molar-refractivity contribution < 1.29 is 5.11 Å². The maximum atomic E-state index is 11.3. The predicted molar refractivity (Wildman–Crippen MR) is 97.6 cm³/mol. The summed E-state index contributed by atoms with van der Waals surface area (Å²) in [5.41, 5.74) is 0.685. The van der Waals surface area contributed by atoms with Crippen LogP contribution in [0.4, 0.5) is 0 Å². The van der Waals surface area contributed by atoms with Crippen LogP contribution in [0.5, 0.6) is 0 Å². The van der Waals surface area contributed by atoms with Gasteiger partial charge in [0.2, 0.25) is 0 Å². The first kappa shape index (κ1) is 17.9. The molecule has 7 heteroatoms. The summed E-state index contributed by atoms with van der Waals surface area (Å²) in [5, 5.41) is 16.7. The summed E-state index contributed by atoms with van der Waals surface area (Å²) in [6, 6.07) is 11.0. The highest BCUT2D eigenvalue weighted by Crippen LogP contribution is 2.30. The highest BCUT2D eigenvalue weighted by molar-refractivity contribution is 6.30. The fourth-order valence-corrected chi connectivity index (χ4v) is 3.01. The first-order valence-corrected chi connectivity index (χ1v) is 8.72. The quantitative estimate of drug-likeness (QED) is 0.679. The first-order valence-electron chi connectivity index (χ1n) is 7.96. The van der Waals surface area contributed by atoms with Crippen LogP contribution in [-0.4, -0.2) is 24.9 Å². The topological polar surface area (TPSA) is 63.8 Å². The highest BCUT2D eigenvalue weighted by atomic mass is 35.5. The molecule has 2 heterocycles. The van der Waals surface area contributed by atoms with E-state index in [1.807, 2.05) is 24.3 Å². The number of aryl methyl sites for hydroxylation is 1. The van der Waals surface area contributed by atoms with Gasteiger partial charge in [0.05, 0.1) is 11.6 Å². The van der Waals surface area contributed by atoms with Crippen LogP contribution in [0, 0.1) is 0 Å².